The van der Waals surface area contributed by atoms with E-state index in [1.54, 1.807) is 0 Å². The molecule has 3 unspecified atom stereocenters. The topological polar surface area (TPSA) is 38.5 Å². The van der Waals surface area contributed by atoms with Crippen LogP contribution >= 0.6 is 0 Å². The Kier molecular flexibility index (Phi) is 5.22. The Morgan fingerprint density at radius 2 is 2.00 bits per heavy atom. The first kappa shape index (κ1) is 14.7. The smallest absolute Gasteiger partial charge is 0.371 e. The van der Waals surface area contributed by atoms with Crippen molar-refractivity contribution in [2.45, 2.75) is 38.5 Å². The van der Waals surface area contributed by atoms with Crippen molar-refractivity contribution in [3.63, 3.8) is 0 Å². The molecule has 1 aliphatic rings. The molecule has 17 heavy (non-hydrogen) atoms. The van der Waals surface area contributed by atoms with Gasteiger partial charge in [-0.05, 0) is 19.3 Å². The summed E-state index contributed by atoms with van der Waals surface area (Å²) in [6.07, 6.45) is -3.34. The third-order valence-corrected chi connectivity index (χ3v) is 3.55. The first-order valence-electron chi connectivity index (χ1n) is 5.95. The van der Waals surface area contributed by atoms with Crippen molar-refractivity contribution in [2.75, 3.05) is 26.3 Å². The van der Waals surface area contributed by atoms with Crippen LogP contribution in [0.3, 0.4) is 0 Å². The summed E-state index contributed by atoms with van der Waals surface area (Å²) in [5.41, 5.74) is 5.94. The van der Waals surface area contributed by atoms with Crippen molar-refractivity contribution in [1.29, 1.82) is 0 Å². The maximum atomic E-state index is 11.9. The van der Waals surface area contributed by atoms with Crippen LogP contribution in [0.2, 0.25) is 0 Å². The number of piperidine rings is 1. The lowest BCUT2D eigenvalue weighted by Crippen LogP contribution is -2.52. The predicted octanol–water partition coefficient (Wildman–Crippen LogP) is 1.62. The van der Waals surface area contributed by atoms with E-state index in [1.807, 2.05) is 0 Å². The average Bonchev–Trinajstić information content (AvgIpc) is 2.22. The predicted molar refractivity (Wildman–Crippen MR) is 59.7 cm³/mol. The lowest BCUT2D eigenvalue weighted by atomic mass is 9.88. The van der Waals surface area contributed by atoms with Crippen molar-refractivity contribution in [2.24, 2.45) is 11.7 Å². The summed E-state index contributed by atoms with van der Waals surface area (Å²) in [4.78, 5) is 2.14. The quantitative estimate of drug-likeness (QED) is 0.775. The summed E-state index contributed by atoms with van der Waals surface area (Å²) < 4.78 is 40.2. The average molecular weight is 254 g/mol. The van der Waals surface area contributed by atoms with Gasteiger partial charge < -0.3 is 10.5 Å². The molecule has 1 saturated heterocycles. The lowest BCUT2D eigenvalue weighted by molar-refractivity contribution is -0.175. The molecule has 0 aliphatic carbocycles. The van der Waals surface area contributed by atoms with Crippen LogP contribution in [0.5, 0.6) is 0 Å². The van der Waals surface area contributed by atoms with Gasteiger partial charge in [0, 0.05) is 25.2 Å². The number of hydrogen-bond acceptors (Lipinski definition) is 3. The summed E-state index contributed by atoms with van der Waals surface area (Å²) in [5.74, 6) is 0.367. The molecule has 3 atom stereocenters. The van der Waals surface area contributed by atoms with Crippen LogP contribution in [-0.2, 0) is 4.74 Å². The summed E-state index contributed by atoms with van der Waals surface area (Å²) in [6, 6.07) is 0.491. The van der Waals surface area contributed by atoms with Crippen molar-refractivity contribution in [3.05, 3.63) is 0 Å². The Morgan fingerprint density at radius 1 is 1.35 bits per heavy atom. The van der Waals surface area contributed by atoms with Crippen LogP contribution in [-0.4, -0.2) is 49.5 Å². The SMILES string of the molecule is CC1C(N)CCN(CCOCC(F)(F)F)C1C. The zero-order valence-electron chi connectivity index (χ0n) is 10.3. The fourth-order valence-corrected chi connectivity index (χ4v) is 2.16. The van der Waals surface area contributed by atoms with E-state index in [4.69, 9.17) is 5.73 Å². The van der Waals surface area contributed by atoms with E-state index in [9.17, 15) is 13.2 Å². The second kappa shape index (κ2) is 6.02. The molecule has 0 amide bonds. The van der Waals surface area contributed by atoms with Crippen LogP contribution in [0.1, 0.15) is 20.3 Å². The third kappa shape index (κ3) is 4.81. The Bertz CT molecular complexity index is 235. The molecule has 1 heterocycles. The van der Waals surface area contributed by atoms with Crippen LogP contribution in [0.25, 0.3) is 0 Å². The molecule has 6 heteroatoms. The minimum atomic E-state index is -4.23. The van der Waals surface area contributed by atoms with Crippen molar-refractivity contribution in [1.82, 2.24) is 4.90 Å². The van der Waals surface area contributed by atoms with Gasteiger partial charge in [-0.25, -0.2) is 0 Å². The summed E-state index contributed by atoms with van der Waals surface area (Å²) >= 11 is 0. The van der Waals surface area contributed by atoms with Gasteiger partial charge in [-0.2, -0.15) is 13.2 Å². The number of likely N-dealkylation sites (tertiary alicyclic amines) is 1. The fourth-order valence-electron chi connectivity index (χ4n) is 2.16. The molecule has 0 radical (unpaired) electrons. The Labute approximate surface area is 100 Å². The van der Waals surface area contributed by atoms with Crippen molar-refractivity contribution in [3.8, 4) is 0 Å². The minimum Gasteiger partial charge on any atom is -0.371 e. The molecule has 102 valence electrons. The molecule has 0 aromatic heterocycles. The third-order valence-electron chi connectivity index (χ3n) is 3.55. The largest absolute Gasteiger partial charge is 0.411 e. The minimum absolute atomic E-state index is 0.117. The molecule has 2 N–H and O–H groups in total. The normalized spacial score (nSPS) is 31.8. The summed E-state index contributed by atoms with van der Waals surface area (Å²) in [6.45, 7) is 4.47. The van der Waals surface area contributed by atoms with Gasteiger partial charge in [0.2, 0.25) is 0 Å². The highest BCUT2D eigenvalue weighted by Crippen LogP contribution is 2.22. The van der Waals surface area contributed by atoms with Gasteiger partial charge in [0.25, 0.3) is 0 Å². The van der Waals surface area contributed by atoms with E-state index < -0.39 is 12.8 Å². The molecule has 0 aromatic rings. The van der Waals surface area contributed by atoms with Gasteiger partial charge >= 0.3 is 6.18 Å². The Balaban J connectivity index is 2.23. The monoisotopic (exact) mass is 254 g/mol. The second-order valence-corrected chi connectivity index (χ2v) is 4.76. The zero-order chi connectivity index (χ0) is 13.1. The van der Waals surface area contributed by atoms with Gasteiger partial charge in [-0.15, -0.1) is 0 Å². The van der Waals surface area contributed by atoms with Crippen LogP contribution in [0.15, 0.2) is 0 Å². The standard InChI is InChI=1S/C11H21F3N2O/c1-8-9(2)16(4-3-10(8)15)5-6-17-7-11(12,13)14/h8-10H,3-7,15H2,1-2H3. The number of hydrogen-bond donors (Lipinski definition) is 1. The molecule has 1 rings (SSSR count). The van der Waals surface area contributed by atoms with E-state index in [-0.39, 0.29) is 12.6 Å². The van der Waals surface area contributed by atoms with Crippen molar-refractivity contribution >= 4 is 0 Å². The fraction of sp³-hybridized carbons (Fsp3) is 1.00. The number of nitrogens with two attached hydrogens (primary N) is 1. The van der Waals surface area contributed by atoms with E-state index in [0.29, 0.717) is 18.5 Å². The molecule has 0 aromatic carbocycles. The number of rotatable bonds is 4. The molecule has 1 aliphatic heterocycles. The number of nitrogens with zero attached hydrogens (tertiary/aromatic N) is 1. The van der Waals surface area contributed by atoms with E-state index >= 15 is 0 Å². The van der Waals surface area contributed by atoms with Gasteiger partial charge in [-0.3, -0.25) is 4.90 Å². The highest BCUT2D eigenvalue weighted by molar-refractivity contribution is 4.86. The number of alkyl halides is 3. The molecule has 0 saturated carbocycles. The first-order valence-corrected chi connectivity index (χ1v) is 5.95. The van der Waals surface area contributed by atoms with E-state index in [2.05, 4.69) is 23.5 Å². The number of halogens is 3. The second-order valence-electron chi connectivity index (χ2n) is 4.76. The van der Waals surface area contributed by atoms with Crippen molar-refractivity contribution < 1.29 is 17.9 Å². The van der Waals surface area contributed by atoms with Gasteiger partial charge in [0.15, 0.2) is 0 Å². The molecule has 1 fully saturated rings. The maximum Gasteiger partial charge on any atom is 0.411 e. The molecule has 0 spiro atoms. The molecule has 0 bridgehead atoms. The van der Waals surface area contributed by atoms with E-state index in [1.165, 1.54) is 0 Å². The first-order chi connectivity index (χ1) is 7.81. The Morgan fingerprint density at radius 3 is 2.59 bits per heavy atom. The molecular weight excluding hydrogens is 233 g/mol. The highest BCUT2D eigenvalue weighted by atomic mass is 19.4. The lowest BCUT2D eigenvalue weighted by Gasteiger charge is -2.41. The summed E-state index contributed by atoms with van der Waals surface area (Å²) in [5, 5.41) is 0. The molecular formula is C11H21F3N2O. The van der Waals surface area contributed by atoms with Gasteiger partial charge in [0.05, 0.1) is 6.61 Å². The van der Waals surface area contributed by atoms with E-state index in [0.717, 1.165) is 13.0 Å². The van der Waals surface area contributed by atoms with Crippen LogP contribution in [0.4, 0.5) is 13.2 Å². The maximum absolute atomic E-state index is 11.9. The van der Waals surface area contributed by atoms with Gasteiger partial charge in [-0.1, -0.05) is 6.92 Å². The zero-order valence-corrected chi connectivity index (χ0v) is 10.3. The molecule has 3 nitrogen and oxygen atoms in total. The summed E-state index contributed by atoms with van der Waals surface area (Å²) in [7, 11) is 0. The van der Waals surface area contributed by atoms with Gasteiger partial charge in [0.1, 0.15) is 6.61 Å². The van der Waals surface area contributed by atoms with Crippen LogP contribution < -0.4 is 5.73 Å². The highest BCUT2D eigenvalue weighted by Gasteiger charge is 2.30. The Hall–Kier alpha value is -0.330. The number of ether oxygens (including phenoxy) is 1. The van der Waals surface area contributed by atoms with Crippen LogP contribution in [0, 0.1) is 5.92 Å².